The van der Waals surface area contributed by atoms with Crippen LogP contribution in [0.2, 0.25) is 0 Å². The lowest BCUT2D eigenvalue weighted by molar-refractivity contribution is -0.0265. The highest BCUT2D eigenvalue weighted by Crippen LogP contribution is 1.89. The number of hydrogen-bond acceptors (Lipinski definition) is 11. The van der Waals surface area contributed by atoms with Gasteiger partial charge in [-0.1, -0.05) is 13.3 Å². The Morgan fingerprint density at radius 1 is 0.324 bits per heavy atom. The molecular formula is C26H55NO10. The third-order valence-electron chi connectivity index (χ3n) is 4.67. The molecule has 0 spiro atoms. The van der Waals surface area contributed by atoms with Crippen LogP contribution in [-0.2, 0) is 47.4 Å². The molecule has 0 radical (unpaired) electrons. The second-order valence-corrected chi connectivity index (χ2v) is 8.28. The van der Waals surface area contributed by atoms with Gasteiger partial charge in [0, 0.05) is 13.2 Å². The van der Waals surface area contributed by atoms with Crippen LogP contribution in [0.1, 0.15) is 19.8 Å². The fourth-order valence-corrected chi connectivity index (χ4v) is 2.57. The molecule has 0 saturated heterocycles. The lowest BCUT2D eigenvalue weighted by Crippen LogP contribution is -2.19. The third kappa shape index (κ3) is 35.6. The Hall–Kier alpha value is -0.440. The summed E-state index contributed by atoms with van der Waals surface area (Å²) in [6.07, 6.45) is 2.25. The summed E-state index contributed by atoms with van der Waals surface area (Å²) in [6.45, 7) is 14.7. The number of likely N-dealkylation sites (N-methyl/N-ethyl adjacent to an activating group) is 1. The smallest absolute Gasteiger partial charge is 0.0701 e. The van der Waals surface area contributed by atoms with Crippen molar-refractivity contribution in [3.63, 3.8) is 0 Å². The number of hydrogen-bond donors (Lipinski definition) is 0. The van der Waals surface area contributed by atoms with E-state index in [4.69, 9.17) is 47.4 Å². The Bertz CT molecular complexity index is 408. The maximum absolute atomic E-state index is 5.47. The molecule has 0 bridgehead atoms. The van der Waals surface area contributed by atoms with E-state index in [-0.39, 0.29) is 0 Å². The van der Waals surface area contributed by atoms with Gasteiger partial charge in [-0.25, -0.2) is 0 Å². The van der Waals surface area contributed by atoms with Crippen LogP contribution in [0.3, 0.4) is 0 Å². The number of unbranched alkanes of at least 4 members (excludes halogenated alkanes) is 1. The molecule has 0 fully saturated rings. The van der Waals surface area contributed by atoms with Gasteiger partial charge in [-0.05, 0) is 20.5 Å². The van der Waals surface area contributed by atoms with Crippen molar-refractivity contribution >= 4 is 0 Å². The first kappa shape index (κ1) is 36.6. The normalized spacial score (nSPS) is 11.7. The summed E-state index contributed by atoms with van der Waals surface area (Å²) in [4.78, 5) is 2.09. The van der Waals surface area contributed by atoms with Crippen molar-refractivity contribution in [1.82, 2.24) is 4.90 Å². The van der Waals surface area contributed by atoms with Gasteiger partial charge in [-0.15, -0.1) is 0 Å². The predicted molar refractivity (Wildman–Crippen MR) is 142 cm³/mol. The zero-order chi connectivity index (χ0) is 26.9. The Morgan fingerprint density at radius 2 is 0.541 bits per heavy atom. The fourth-order valence-electron chi connectivity index (χ4n) is 2.57. The van der Waals surface area contributed by atoms with Gasteiger partial charge in [-0.3, -0.25) is 0 Å². The Morgan fingerprint density at radius 3 is 0.757 bits per heavy atom. The van der Waals surface area contributed by atoms with Gasteiger partial charge in [0.2, 0.25) is 0 Å². The van der Waals surface area contributed by atoms with E-state index in [0.717, 1.165) is 32.6 Å². The van der Waals surface area contributed by atoms with Crippen molar-refractivity contribution in [2.24, 2.45) is 0 Å². The first-order valence-corrected chi connectivity index (χ1v) is 13.7. The minimum absolute atomic E-state index is 0.531. The van der Waals surface area contributed by atoms with Crippen molar-refractivity contribution in [1.29, 1.82) is 0 Å². The van der Waals surface area contributed by atoms with Gasteiger partial charge in [0.05, 0.1) is 126 Å². The Balaban J connectivity index is 3.01. The van der Waals surface area contributed by atoms with Crippen LogP contribution in [0.25, 0.3) is 0 Å². The third-order valence-corrected chi connectivity index (χ3v) is 4.67. The lowest BCUT2D eigenvalue weighted by atomic mass is 10.4. The molecule has 0 aromatic carbocycles. The molecule has 37 heavy (non-hydrogen) atoms. The van der Waals surface area contributed by atoms with Crippen molar-refractivity contribution in [3.05, 3.63) is 0 Å². The van der Waals surface area contributed by atoms with Gasteiger partial charge >= 0.3 is 0 Å². The first-order chi connectivity index (χ1) is 18.3. The topological polar surface area (TPSA) is 95.5 Å². The van der Waals surface area contributed by atoms with E-state index in [1.807, 2.05) is 14.1 Å². The minimum atomic E-state index is 0.531. The maximum atomic E-state index is 5.47. The molecule has 0 atom stereocenters. The molecule has 0 aromatic rings. The summed E-state index contributed by atoms with van der Waals surface area (Å²) in [6, 6.07) is 0. The largest absolute Gasteiger partial charge is 0.379 e. The van der Waals surface area contributed by atoms with Crippen molar-refractivity contribution in [2.75, 3.05) is 153 Å². The van der Waals surface area contributed by atoms with Gasteiger partial charge in [-0.2, -0.15) is 0 Å². The fraction of sp³-hybridized carbons (Fsp3) is 1.00. The SMILES string of the molecule is CCCCOCCOCCOCCOCCOCCOCCOCCOCCOCCOCCN(C)C. The first-order valence-electron chi connectivity index (χ1n) is 13.7. The molecule has 0 amide bonds. The predicted octanol–water partition coefficient (Wildman–Crippen LogP) is 1.51. The van der Waals surface area contributed by atoms with Crippen LogP contribution in [0.15, 0.2) is 0 Å². The summed E-state index contributed by atoms with van der Waals surface area (Å²) >= 11 is 0. The standard InChI is InChI=1S/C26H55NO10/c1-4-5-7-28-9-11-30-13-15-32-17-19-34-21-23-36-25-26-37-24-22-35-20-18-33-16-14-31-12-10-29-8-6-27(2)3/h4-26H2,1-3H3. The molecule has 0 rings (SSSR count). The molecule has 224 valence electrons. The van der Waals surface area contributed by atoms with Crippen LogP contribution >= 0.6 is 0 Å². The maximum Gasteiger partial charge on any atom is 0.0701 e. The van der Waals surface area contributed by atoms with E-state index < -0.39 is 0 Å². The van der Waals surface area contributed by atoms with Crippen molar-refractivity contribution in [3.8, 4) is 0 Å². The Labute approximate surface area is 225 Å². The molecule has 0 aliphatic rings. The summed E-state index contributed by atoms with van der Waals surface area (Å²) in [5.41, 5.74) is 0. The average Bonchev–Trinajstić information content (AvgIpc) is 2.89. The molecule has 0 aromatic heterocycles. The zero-order valence-corrected chi connectivity index (χ0v) is 23.8. The molecule has 0 heterocycles. The van der Waals surface area contributed by atoms with Gasteiger partial charge < -0.3 is 52.3 Å². The van der Waals surface area contributed by atoms with Crippen LogP contribution in [0.4, 0.5) is 0 Å². The zero-order valence-electron chi connectivity index (χ0n) is 23.8. The molecule has 0 unspecified atom stereocenters. The second-order valence-electron chi connectivity index (χ2n) is 8.28. The number of rotatable bonds is 33. The van der Waals surface area contributed by atoms with E-state index in [0.29, 0.717) is 119 Å². The van der Waals surface area contributed by atoms with Gasteiger partial charge in [0.1, 0.15) is 0 Å². The van der Waals surface area contributed by atoms with Crippen LogP contribution in [0, 0.1) is 0 Å². The number of ether oxygens (including phenoxy) is 10. The second kappa shape index (κ2) is 33.6. The van der Waals surface area contributed by atoms with E-state index in [2.05, 4.69) is 11.8 Å². The highest BCUT2D eigenvalue weighted by molar-refractivity contribution is 4.41. The van der Waals surface area contributed by atoms with Gasteiger partial charge in [0.15, 0.2) is 0 Å². The van der Waals surface area contributed by atoms with Crippen LogP contribution < -0.4 is 0 Å². The van der Waals surface area contributed by atoms with E-state index in [9.17, 15) is 0 Å². The molecule has 11 nitrogen and oxygen atoms in total. The summed E-state index contributed by atoms with van der Waals surface area (Å²) < 4.78 is 54.5. The quantitative estimate of drug-likeness (QED) is 0.113. The van der Waals surface area contributed by atoms with Crippen LogP contribution in [-0.4, -0.2) is 158 Å². The highest BCUT2D eigenvalue weighted by Gasteiger charge is 1.96. The number of nitrogens with zero attached hydrogens (tertiary/aromatic N) is 1. The van der Waals surface area contributed by atoms with Gasteiger partial charge in [0.25, 0.3) is 0 Å². The lowest BCUT2D eigenvalue weighted by Gasteiger charge is -2.10. The molecule has 0 aliphatic heterocycles. The van der Waals surface area contributed by atoms with E-state index in [1.165, 1.54) is 0 Å². The Kier molecular flexibility index (Phi) is 33.2. The van der Waals surface area contributed by atoms with Crippen LogP contribution in [0.5, 0.6) is 0 Å². The molecule has 0 N–H and O–H groups in total. The molecular weight excluding hydrogens is 486 g/mol. The van der Waals surface area contributed by atoms with E-state index >= 15 is 0 Å². The molecule has 0 aliphatic carbocycles. The molecule has 11 heteroatoms. The van der Waals surface area contributed by atoms with E-state index in [1.54, 1.807) is 0 Å². The summed E-state index contributed by atoms with van der Waals surface area (Å²) in [5, 5.41) is 0. The minimum Gasteiger partial charge on any atom is -0.379 e. The van der Waals surface area contributed by atoms with Crippen molar-refractivity contribution < 1.29 is 47.4 Å². The molecule has 0 saturated carbocycles. The summed E-state index contributed by atoms with van der Waals surface area (Å²) in [7, 11) is 4.04. The monoisotopic (exact) mass is 541 g/mol. The van der Waals surface area contributed by atoms with Crippen molar-refractivity contribution in [2.45, 2.75) is 19.8 Å². The average molecular weight is 542 g/mol. The summed E-state index contributed by atoms with van der Waals surface area (Å²) in [5.74, 6) is 0. The highest BCUT2D eigenvalue weighted by atomic mass is 16.6.